The smallest absolute Gasteiger partial charge is 0.220 e. The van der Waals surface area contributed by atoms with Crippen molar-refractivity contribution in [2.75, 3.05) is 44.3 Å². The van der Waals surface area contributed by atoms with Gasteiger partial charge in [-0.3, -0.25) is 19.3 Å². The van der Waals surface area contributed by atoms with Crippen molar-refractivity contribution in [3.05, 3.63) is 11.1 Å². The molecule has 0 saturated carbocycles. The van der Waals surface area contributed by atoms with E-state index in [9.17, 15) is 14.4 Å². The van der Waals surface area contributed by atoms with E-state index in [0.29, 0.717) is 25.9 Å². The van der Waals surface area contributed by atoms with Gasteiger partial charge < -0.3 is 20.7 Å². The maximum absolute atomic E-state index is 12.7. The number of Topliss-reactive ketones (excluding diaryl/α,β-unsaturated/α-hetero) is 1. The van der Waals surface area contributed by atoms with Gasteiger partial charge in [0.15, 0.2) is 10.9 Å². The summed E-state index contributed by atoms with van der Waals surface area (Å²) in [4.78, 5) is 45.0. The largest absolute Gasteiger partial charge is 0.378 e. The summed E-state index contributed by atoms with van der Waals surface area (Å²) in [6.45, 7) is 6.59. The Morgan fingerprint density at radius 2 is 2.13 bits per heavy atom. The zero-order valence-corrected chi connectivity index (χ0v) is 18.3. The molecule has 2 fully saturated rings. The van der Waals surface area contributed by atoms with Crippen molar-refractivity contribution in [1.82, 2.24) is 15.2 Å². The van der Waals surface area contributed by atoms with Gasteiger partial charge in [0.1, 0.15) is 0 Å². The zero-order chi connectivity index (χ0) is 21.5. The first-order valence-electron chi connectivity index (χ1n) is 10.5. The summed E-state index contributed by atoms with van der Waals surface area (Å²) in [5.74, 6) is -0.948. The van der Waals surface area contributed by atoms with Gasteiger partial charge in [0.2, 0.25) is 11.8 Å². The highest BCUT2D eigenvalue weighted by atomic mass is 32.1. The predicted octanol–water partition coefficient (Wildman–Crippen LogP) is 0.531. The second kappa shape index (κ2) is 10.8. The molecule has 1 aromatic rings. The SMILES string of the molecule is CC(CCC(=O)N[C@H]1CCCN(Cc2csc(N3CCOCC3)n2)CC1=O)C(N)=O. The molecule has 1 unspecified atom stereocenters. The number of hydrogen-bond acceptors (Lipinski definition) is 8. The van der Waals surface area contributed by atoms with Crippen LogP contribution in [0.3, 0.4) is 0 Å². The predicted molar refractivity (Wildman–Crippen MR) is 114 cm³/mol. The van der Waals surface area contributed by atoms with E-state index in [-0.39, 0.29) is 24.0 Å². The quantitative estimate of drug-likeness (QED) is 0.609. The van der Waals surface area contributed by atoms with E-state index < -0.39 is 11.9 Å². The monoisotopic (exact) mass is 437 g/mol. The van der Waals surface area contributed by atoms with E-state index >= 15 is 0 Å². The number of likely N-dealkylation sites (tertiary alicyclic amines) is 1. The van der Waals surface area contributed by atoms with Gasteiger partial charge in [0.25, 0.3) is 0 Å². The highest BCUT2D eigenvalue weighted by Crippen LogP contribution is 2.23. The molecule has 2 saturated heterocycles. The van der Waals surface area contributed by atoms with E-state index in [0.717, 1.165) is 50.1 Å². The average molecular weight is 438 g/mol. The van der Waals surface area contributed by atoms with Crippen LogP contribution in [-0.2, 0) is 25.7 Å². The molecular formula is C20H31N5O4S. The molecule has 9 nitrogen and oxygen atoms in total. The molecule has 2 aliphatic heterocycles. The lowest BCUT2D eigenvalue weighted by atomic mass is 10.0. The minimum absolute atomic E-state index is 0.0208. The number of aromatic nitrogens is 1. The zero-order valence-electron chi connectivity index (χ0n) is 17.5. The van der Waals surface area contributed by atoms with E-state index in [1.165, 1.54) is 0 Å². The van der Waals surface area contributed by atoms with Gasteiger partial charge in [0, 0.05) is 37.4 Å². The van der Waals surface area contributed by atoms with E-state index in [2.05, 4.69) is 20.5 Å². The Labute approximate surface area is 180 Å². The lowest BCUT2D eigenvalue weighted by Gasteiger charge is -2.26. The lowest BCUT2D eigenvalue weighted by Crippen LogP contribution is -2.43. The molecule has 0 aliphatic carbocycles. The number of rotatable bonds is 8. The molecule has 3 rings (SSSR count). The van der Waals surface area contributed by atoms with E-state index in [1.54, 1.807) is 18.3 Å². The number of carbonyl (C=O) groups excluding carboxylic acids is 3. The van der Waals surface area contributed by atoms with Gasteiger partial charge in [0.05, 0.1) is 31.5 Å². The standard InChI is InChI=1S/C20H31N5O4S/c1-14(19(21)28)4-5-18(27)23-16-3-2-6-24(12-17(16)26)11-15-13-30-20(22-15)25-7-9-29-10-8-25/h13-14,16H,2-12H2,1H3,(H2,21,28)(H,23,27)/t14?,16-/m0/s1. The highest BCUT2D eigenvalue weighted by Gasteiger charge is 2.27. The van der Waals surface area contributed by atoms with Crippen molar-refractivity contribution in [1.29, 1.82) is 0 Å². The van der Waals surface area contributed by atoms with Crippen molar-refractivity contribution in [2.45, 2.75) is 45.2 Å². The van der Waals surface area contributed by atoms with Gasteiger partial charge >= 0.3 is 0 Å². The fraction of sp³-hybridized carbons (Fsp3) is 0.700. The van der Waals surface area contributed by atoms with Gasteiger partial charge in [-0.05, 0) is 25.8 Å². The molecule has 0 radical (unpaired) electrons. The van der Waals surface area contributed by atoms with Crippen molar-refractivity contribution in [2.24, 2.45) is 11.7 Å². The molecule has 10 heteroatoms. The van der Waals surface area contributed by atoms with Crippen LogP contribution < -0.4 is 16.0 Å². The number of anilines is 1. The number of hydrogen-bond donors (Lipinski definition) is 2. The fourth-order valence-electron chi connectivity index (χ4n) is 3.63. The van der Waals surface area contributed by atoms with Crippen molar-refractivity contribution in [3.8, 4) is 0 Å². The van der Waals surface area contributed by atoms with Crippen LogP contribution in [0, 0.1) is 5.92 Å². The summed E-state index contributed by atoms with van der Waals surface area (Å²) in [6.07, 6.45) is 2.04. The number of nitrogens with two attached hydrogens (primary N) is 1. The van der Waals surface area contributed by atoms with Crippen LogP contribution >= 0.6 is 11.3 Å². The topological polar surface area (TPSA) is 118 Å². The maximum atomic E-state index is 12.7. The Kier molecular flexibility index (Phi) is 8.17. The van der Waals surface area contributed by atoms with Gasteiger partial charge in [-0.25, -0.2) is 4.98 Å². The number of nitrogens with zero attached hydrogens (tertiary/aromatic N) is 3. The number of thiazole rings is 1. The first-order chi connectivity index (χ1) is 14.4. The average Bonchev–Trinajstić information content (AvgIpc) is 3.13. The molecule has 0 spiro atoms. The molecule has 1 aromatic heterocycles. The summed E-state index contributed by atoms with van der Waals surface area (Å²) in [5.41, 5.74) is 6.20. The Morgan fingerprint density at radius 3 is 2.87 bits per heavy atom. The molecule has 2 aliphatic rings. The third kappa shape index (κ3) is 6.48. The molecule has 2 amide bonds. The third-order valence-electron chi connectivity index (χ3n) is 5.57. The molecule has 3 N–H and O–H groups in total. The van der Waals surface area contributed by atoms with Crippen LogP contribution in [0.2, 0.25) is 0 Å². The number of carbonyl (C=O) groups is 3. The fourth-order valence-corrected chi connectivity index (χ4v) is 4.50. The molecule has 30 heavy (non-hydrogen) atoms. The number of ketones is 1. The van der Waals surface area contributed by atoms with Crippen LogP contribution in [0.25, 0.3) is 0 Å². The van der Waals surface area contributed by atoms with Crippen molar-refractivity contribution < 1.29 is 19.1 Å². The maximum Gasteiger partial charge on any atom is 0.220 e. The second-order valence-electron chi connectivity index (χ2n) is 8.00. The van der Waals surface area contributed by atoms with Crippen LogP contribution in [0.4, 0.5) is 5.13 Å². The van der Waals surface area contributed by atoms with Gasteiger partial charge in [-0.1, -0.05) is 6.92 Å². The van der Waals surface area contributed by atoms with Crippen molar-refractivity contribution in [3.63, 3.8) is 0 Å². The van der Waals surface area contributed by atoms with Crippen LogP contribution in [0.15, 0.2) is 5.38 Å². The van der Waals surface area contributed by atoms with Crippen LogP contribution in [0.1, 0.15) is 38.3 Å². The summed E-state index contributed by atoms with van der Waals surface area (Å²) in [5, 5.41) is 5.89. The lowest BCUT2D eigenvalue weighted by molar-refractivity contribution is -0.128. The van der Waals surface area contributed by atoms with Gasteiger partial charge in [-0.15, -0.1) is 11.3 Å². The minimum atomic E-state index is -0.467. The first kappa shape index (κ1) is 22.6. The molecular weight excluding hydrogens is 406 g/mol. The Bertz CT molecular complexity index is 749. The first-order valence-corrected chi connectivity index (χ1v) is 11.4. The minimum Gasteiger partial charge on any atom is -0.378 e. The molecule has 0 bridgehead atoms. The number of nitrogens with one attached hydrogen (secondary N) is 1. The third-order valence-corrected chi connectivity index (χ3v) is 6.52. The molecule has 2 atom stereocenters. The molecule has 166 valence electrons. The van der Waals surface area contributed by atoms with E-state index in [1.807, 2.05) is 0 Å². The summed E-state index contributed by atoms with van der Waals surface area (Å²) < 4.78 is 5.39. The highest BCUT2D eigenvalue weighted by molar-refractivity contribution is 7.13. The summed E-state index contributed by atoms with van der Waals surface area (Å²) in [6, 6.07) is -0.467. The summed E-state index contributed by atoms with van der Waals surface area (Å²) >= 11 is 1.63. The van der Waals surface area contributed by atoms with Crippen LogP contribution in [-0.4, -0.2) is 72.9 Å². The Balaban J connectivity index is 1.47. The number of morpholine rings is 1. The Morgan fingerprint density at radius 1 is 1.37 bits per heavy atom. The molecule has 3 heterocycles. The number of amides is 2. The Hall–Kier alpha value is -2.04. The second-order valence-corrected chi connectivity index (χ2v) is 8.84. The number of ether oxygens (including phenoxy) is 1. The normalized spacial score (nSPS) is 21.8. The number of primary amides is 1. The van der Waals surface area contributed by atoms with E-state index in [4.69, 9.17) is 15.5 Å². The molecule has 0 aromatic carbocycles. The van der Waals surface area contributed by atoms with Crippen LogP contribution in [0.5, 0.6) is 0 Å². The van der Waals surface area contributed by atoms with Crippen molar-refractivity contribution >= 4 is 34.1 Å². The van der Waals surface area contributed by atoms with Gasteiger partial charge in [-0.2, -0.15) is 0 Å². The summed E-state index contributed by atoms with van der Waals surface area (Å²) in [7, 11) is 0.